The zero-order valence-corrected chi connectivity index (χ0v) is 22.7. The summed E-state index contributed by atoms with van der Waals surface area (Å²) in [6, 6.07) is 6.41. The zero-order chi connectivity index (χ0) is 25.9. The van der Waals surface area contributed by atoms with Gasteiger partial charge in [-0.2, -0.15) is 0 Å². The first kappa shape index (κ1) is 31.6. The van der Waals surface area contributed by atoms with E-state index in [1.807, 2.05) is 12.1 Å². The first-order valence-electron chi connectivity index (χ1n) is 13.4. The lowest BCUT2D eigenvalue weighted by molar-refractivity contribution is -0.122. The quantitative estimate of drug-likeness (QED) is 0.123. The summed E-state index contributed by atoms with van der Waals surface area (Å²) in [6.45, 7) is 2.24. The fourth-order valence-electron chi connectivity index (χ4n) is 4.25. The Hall–Kier alpha value is -1.40. The average molecular weight is 514 g/mol. The number of nitrogens with one attached hydrogen (secondary N) is 1. The van der Waals surface area contributed by atoms with Gasteiger partial charge in [0, 0.05) is 6.42 Å². The molecule has 4 N–H and O–H groups in total. The Bertz CT molecular complexity index is 721. The highest BCUT2D eigenvalue weighted by Crippen LogP contribution is 2.35. The monoisotopic (exact) mass is 513 g/mol. The van der Waals surface area contributed by atoms with Crippen molar-refractivity contribution in [3.05, 3.63) is 29.8 Å². The fourth-order valence-corrected chi connectivity index (χ4v) is 4.99. The number of ether oxygens (including phenoxy) is 1. The molecule has 0 saturated carbocycles. The summed E-state index contributed by atoms with van der Waals surface area (Å²) in [7, 11) is -2.84. The molecule has 1 rings (SSSR count). The van der Waals surface area contributed by atoms with Crippen LogP contribution in [0.2, 0.25) is 0 Å². The third-order valence-corrected chi connectivity index (χ3v) is 7.21. The molecule has 2 atom stereocenters. The van der Waals surface area contributed by atoms with Gasteiger partial charge in [-0.05, 0) is 30.5 Å². The zero-order valence-electron chi connectivity index (χ0n) is 21.8. The third-order valence-electron chi connectivity index (χ3n) is 6.36. The molecular weight excluding hydrogens is 465 g/mol. The number of aliphatic hydroxyl groups excluding tert-OH is 1. The van der Waals surface area contributed by atoms with E-state index in [1.165, 1.54) is 64.2 Å². The Kier molecular flexibility index (Phi) is 17.0. The van der Waals surface area contributed by atoms with Crippen molar-refractivity contribution in [1.29, 1.82) is 0 Å². The standard InChI is InChI=1S/C27H48NO6P/c1-3-4-5-6-7-8-9-10-11-12-13-14-15-16-27(30)28-25(26(29)22-35(31,32)33)21-23-17-19-24(34-2)20-18-23/h17-20,25-26,29H,3-16,21-22H2,1-2H3,(H,28,30)(H2,31,32,33)/t25-,26?/m1/s1. The van der Waals surface area contributed by atoms with E-state index < -0.39 is 25.9 Å². The molecule has 35 heavy (non-hydrogen) atoms. The van der Waals surface area contributed by atoms with Gasteiger partial charge in [-0.25, -0.2) is 0 Å². The number of rotatable bonds is 21. The van der Waals surface area contributed by atoms with Gasteiger partial charge in [0.2, 0.25) is 5.91 Å². The Morgan fingerprint density at radius 2 is 1.37 bits per heavy atom. The number of benzene rings is 1. The van der Waals surface area contributed by atoms with E-state index in [-0.39, 0.29) is 12.3 Å². The van der Waals surface area contributed by atoms with E-state index in [2.05, 4.69) is 12.2 Å². The summed E-state index contributed by atoms with van der Waals surface area (Å²) in [5.41, 5.74) is 0.835. The number of carbonyl (C=O) groups is 1. The molecule has 0 saturated heterocycles. The van der Waals surface area contributed by atoms with Crippen LogP contribution in [0, 0.1) is 0 Å². The lowest BCUT2D eigenvalue weighted by atomic mass is 10.0. The minimum atomic E-state index is -4.41. The van der Waals surface area contributed by atoms with Crippen molar-refractivity contribution in [1.82, 2.24) is 5.32 Å². The number of hydrogen-bond donors (Lipinski definition) is 4. The number of aliphatic hydroxyl groups is 1. The summed E-state index contributed by atoms with van der Waals surface area (Å²) >= 11 is 0. The molecule has 0 fully saturated rings. The molecule has 8 heteroatoms. The van der Waals surface area contributed by atoms with E-state index in [9.17, 15) is 24.3 Å². The van der Waals surface area contributed by atoms with Crippen LogP contribution in [-0.4, -0.2) is 46.2 Å². The van der Waals surface area contributed by atoms with Gasteiger partial charge in [-0.3, -0.25) is 9.36 Å². The second kappa shape index (κ2) is 18.8. The predicted octanol–water partition coefficient (Wildman–Crippen LogP) is 5.74. The molecule has 1 unspecified atom stereocenters. The maximum absolute atomic E-state index is 12.5. The molecule has 1 aromatic rings. The normalized spacial score (nSPS) is 13.4. The van der Waals surface area contributed by atoms with Crippen LogP contribution < -0.4 is 10.1 Å². The van der Waals surface area contributed by atoms with Gasteiger partial charge in [0.1, 0.15) is 5.75 Å². The molecule has 1 amide bonds. The second-order valence-corrected chi connectivity index (χ2v) is 11.3. The summed E-state index contributed by atoms with van der Waals surface area (Å²) < 4.78 is 16.5. The maximum Gasteiger partial charge on any atom is 0.328 e. The average Bonchev–Trinajstić information content (AvgIpc) is 2.81. The van der Waals surface area contributed by atoms with Crippen molar-refractivity contribution in [3.8, 4) is 5.75 Å². The molecule has 0 aromatic heterocycles. The van der Waals surface area contributed by atoms with E-state index in [1.54, 1.807) is 19.2 Å². The largest absolute Gasteiger partial charge is 0.497 e. The van der Waals surface area contributed by atoms with Crippen LogP contribution in [-0.2, 0) is 15.8 Å². The highest BCUT2D eigenvalue weighted by Gasteiger charge is 2.28. The van der Waals surface area contributed by atoms with Gasteiger partial charge in [-0.15, -0.1) is 0 Å². The Morgan fingerprint density at radius 3 is 1.83 bits per heavy atom. The van der Waals surface area contributed by atoms with Crippen molar-refractivity contribution in [2.75, 3.05) is 13.3 Å². The first-order chi connectivity index (χ1) is 16.7. The molecule has 7 nitrogen and oxygen atoms in total. The van der Waals surface area contributed by atoms with Gasteiger partial charge in [0.05, 0.1) is 25.4 Å². The molecule has 202 valence electrons. The summed E-state index contributed by atoms with van der Waals surface area (Å²) in [5, 5.41) is 13.2. The van der Waals surface area contributed by atoms with Crippen molar-refractivity contribution < 1.29 is 29.0 Å². The van der Waals surface area contributed by atoms with E-state index in [4.69, 9.17) is 4.74 Å². The lowest BCUT2D eigenvalue weighted by Crippen LogP contribution is -2.46. The molecular formula is C27H48NO6P. The van der Waals surface area contributed by atoms with Crippen LogP contribution in [0.3, 0.4) is 0 Å². The second-order valence-electron chi connectivity index (χ2n) is 9.63. The minimum Gasteiger partial charge on any atom is -0.497 e. The van der Waals surface area contributed by atoms with Crippen molar-refractivity contribution in [2.45, 2.75) is 115 Å². The van der Waals surface area contributed by atoms with Crippen LogP contribution >= 0.6 is 7.60 Å². The highest BCUT2D eigenvalue weighted by molar-refractivity contribution is 7.51. The number of unbranched alkanes of at least 4 members (excludes halogenated alkanes) is 12. The highest BCUT2D eigenvalue weighted by atomic mass is 31.2. The van der Waals surface area contributed by atoms with Gasteiger partial charge in [-0.1, -0.05) is 96.1 Å². The topological polar surface area (TPSA) is 116 Å². The molecule has 1 aromatic carbocycles. The third kappa shape index (κ3) is 16.8. The van der Waals surface area contributed by atoms with E-state index in [0.29, 0.717) is 12.2 Å². The van der Waals surface area contributed by atoms with Crippen molar-refractivity contribution in [2.24, 2.45) is 0 Å². The minimum absolute atomic E-state index is 0.198. The smallest absolute Gasteiger partial charge is 0.328 e. The summed E-state index contributed by atoms with van der Waals surface area (Å²) in [5.74, 6) is 0.490. The molecule has 0 aliphatic rings. The van der Waals surface area contributed by atoms with E-state index in [0.717, 1.165) is 24.8 Å². The number of methoxy groups -OCH3 is 1. The molecule has 0 bridgehead atoms. The Balaban J connectivity index is 2.30. The number of hydrogen-bond acceptors (Lipinski definition) is 4. The number of carbonyl (C=O) groups excluding carboxylic acids is 1. The number of amides is 1. The molecule has 0 aliphatic carbocycles. The predicted molar refractivity (Wildman–Crippen MR) is 142 cm³/mol. The Labute approximate surface area is 212 Å². The maximum atomic E-state index is 12.5. The first-order valence-corrected chi connectivity index (χ1v) is 15.2. The van der Waals surface area contributed by atoms with Crippen molar-refractivity contribution >= 4 is 13.5 Å². The molecule has 0 radical (unpaired) electrons. The summed E-state index contributed by atoms with van der Waals surface area (Å²) in [4.78, 5) is 31.0. The van der Waals surface area contributed by atoms with Crippen LogP contribution in [0.5, 0.6) is 5.75 Å². The molecule has 0 heterocycles. The van der Waals surface area contributed by atoms with Crippen LogP contribution in [0.15, 0.2) is 24.3 Å². The van der Waals surface area contributed by atoms with Crippen molar-refractivity contribution in [3.63, 3.8) is 0 Å². The van der Waals surface area contributed by atoms with Gasteiger partial charge in [0.25, 0.3) is 0 Å². The van der Waals surface area contributed by atoms with Gasteiger partial charge >= 0.3 is 7.60 Å². The fraction of sp³-hybridized carbons (Fsp3) is 0.741. The van der Waals surface area contributed by atoms with Crippen LogP contribution in [0.25, 0.3) is 0 Å². The molecule has 0 spiro atoms. The SMILES string of the molecule is CCCCCCCCCCCCCCCC(=O)N[C@H](Cc1ccc(OC)cc1)C(O)CP(=O)(O)O. The van der Waals surface area contributed by atoms with Crippen LogP contribution in [0.1, 0.15) is 102 Å². The van der Waals surface area contributed by atoms with E-state index >= 15 is 0 Å². The van der Waals surface area contributed by atoms with Gasteiger partial charge in [0.15, 0.2) is 0 Å². The lowest BCUT2D eigenvalue weighted by Gasteiger charge is -2.25. The van der Waals surface area contributed by atoms with Crippen LogP contribution in [0.4, 0.5) is 0 Å². The Morgan fingerprint density at radius 1 is 0.886 bits per heavy atom. The molecule has 0 aliphatic heterocycles. The van der Waals surface area contributed by atoms with Gasteiger partial charge < -0.3 is 24.9 Å². The summed E-state index contributed by atoms with van der Waals surface area (Å²) in [6.07, 6.45) is 14.6.